The summed E-state index contributed by atoms with van der Waals surface area (Å²) >= 11 is 0. The molecule has 1 aliphatic rings. The van der Waals surface area contributed by atoms with E-state index in [4.69, 9.17) is 5.41 Å². The maximum atomic E-state index is 8.93. The van der Waals surface area contributed by atoms with Gasteiger partial charge in [0.1, 0.15) is 0 Å². The lowest BCUT2D eigenvalue weighted by molar-refractivity contribution is 1.01. The van der Waals surface area contributed by atoms with Gasteiger partial charge in [0.15, 0.2) is 0 Å². The molecule has 0 saturated carbocycles. The van der Waals surface area contributed by atoms with E-state index in [0.717, 1.165) is 16.5 Å². The van der Waals surface area contributed by atoms with Crippen molar-refractivity contribution in [3.63, 3.8) is 0 Å². The van der Waals surface area contributed by atoms with Crippen molar-refractivity contribution in [1.29, 1.82) is 5.41 Å². The molecule has 25 heavy (non-hydrogen) atoms. The van der Waals surface area contributed by atoms with E-state index in [0.29, 0.717) is 5.71 Å². The van der Waals surface area contributed by atoms with Gasteiger partial charge < -0.3 is 0 Å². The van der Waals surface area contributed by atoms with Crippen LogP contribution in [0, 0.1) is 5.41 Å². The average Bonchev–Trinajstić information content (AvgIpc) is 2.99. The third-order valence-electron chi connectivity index (χ3n) is 4.98. The Morgan fingerprint density at radius 2 is 1.56 bits per heavy atom. The van der Waals surface area contributed by atoms with Crippen LogP contribution in [0.5, 0.6) is 0 Å². The monoisotopic (exact) mass is 323 g/mol. The Labute approximate surface area is 148 Å². The van der Waals surface area contributed by atoms with Gasteiger partial charge in [0.2, 0.25) is 0 Å². The first kappa shape index (κ1) is 15.6. The molecule has 0 amide bonds. The molecule has 1 nitrogen and oxygen atoms in total. The third-order valence-corrected chi connectivity index (χ3v) is 4.98. The molecule has 0 fully saturated rings. The third kappa shape index (κ3) is 2.72. The molecule has 0 aliphatic heterocycles. The molecule has 0 aromatic heterocycles. The van der Waals surface area contributed by atoms with Gasteiger partial charge in [-0.1, -0.05) is 90.0 Å². The maximum absolute atomic E-state index is 8.93. The average molecular weight is 323 g/mol. The Balaban J connectivity index is 1.98. The number of benzene rings is 3. The normalized spacial score (nSPS) is 16.6. The molecule has 0 heterocycles. The summed E-state index contributed by atoms with van der Waals surface area (Å²) in [6.45, 7) is 4.33. The van der Waals surface area contributed by atoms with Gasteiger partial charge in [-0.25, -0.2) is 0 Å². The first-order chi connectivity index (χ1) is 12.1. The summed E-state index contributed by atoms with van der Waals surface area (Å²) in [5.74, 6) is 0.253. The van der Waals surface area contributed by atoms with Crippen LogP contribution in [0.1, 0.15) is 36.5 Å². The first-order valence-electron chi connectivity index (χ1n) is 8.68. The second-order valence-electron chi connectivity index (χ2n) is 6.77. The number of nitrogens with one attached hydrogen (secondary N) is 1. The smallest absolute Gasteiger partial charge is 0.0693 e. The summed E-state index contributed by atoms with van der Waals surface area (Å²) in [6, 6.07) is 22.8. The minimum atomic E-state index is 0.253. The highest BCUT2D eigenvalue weighted by atomic mass is 14.4. The Morgan fingerprint density at radius 1 is 0.840 bits per heavy atom. The molecule has 0 radical (unpaired) electrons. The van der Waals surface area contributed by atoms with Gasteiger partial charge >= 0.3 is 0 Å². The molecule has 122 valence electrons. The zero-order chi connectivity index (χ0) is 17.4. The van der Waals surface area contributed by atoms with E-state index < -0.39 is 0 Å². The van der Waals surface area contributed by atoms with E-state index in [-0.39, 0.29) is 5.92 Å². The lowest BCUT2D eigenvalue weighted by Gasteiger charge is -2.19. The molecular weight excluding hydrogens is 302 g/mol. The first-order valence-corrected chi connectivity index (χ1v) is 8.68. The van der Waals surface area contributed by atoms with Crippen molar-refractivity contribution in [2.75, 3.05) is 0 Å². The van der Waals surface area contributed by atoms with Crippen LogP contribution in [0.15, 0.2) is 90.0 Å². The fourth-order valence-corrected chi connectivity index (χ4v) is 3.80. The lowest BCUT2D eigenvalue weighted by Crippen LogP contribution is -2.09. The summed E-state index contributed by atoms with van der Waals surface area (Å²) in [5, 5.41) is 11.3. The highest BCUT2D eigenvalue weighted by Gasteiger charge is 2.22. The molecule has 1 aliphatic carbocycles. The van der Waals surface area contributed by atoms with Crippen molar-refractivity contribution in [2.24, 2.45) is 0 Å². The number of hydrogen-bond acceptors (Lipinski definition) is 1. The van der Waals surface area contributed by atoms with Crippen LogP contribution in [0.2, 0.25) is 0 Å². The van der Waals surface area contributed by atoms with E-state index in [9.17, 15) is 0 Å². The van der Waals surface area contributed by atoms with Crippen LogP contribution < -0.4 is 0 Å². The highest BCUT2D eigenvalue weighted by molar-refractivity contribution is 6.19. The molecule has 0 spiro atoms. The summed E-state index contributed by atoms with van der Waals surface area (Å²) in [4.78, 5) is 0. The Morgan fingerprint density at radius 3 is 2.28 bits per heavy atom. The molecule has 1 N–H and O–H groups in total. The Kier molecular flexibility index (Phi) is 3.85. The summed E-state index contributed by atoms with van der Waals surface area (Å²) in [7, 11) is 0. The number of hydrogen-bond donors (Lipinski definition) is 1. The van der Waals surface area contributed by atoms with E-state index in [1.165, 1.54) is 22.1 Å². The van der Waals surface area contributed by atoms with Gasteiger partial charge in [-0.3, -0.25) is 5.41 Å². The van der Waals surface area contributed by atoms with Crippen LogP contribution in [0.25, 0.3) is 10.8 Å². The second-order valence-corrected chi connectivity index (χ2v) is 6.77. The van der Waals surface area contributed by atoms with Crippen LogP contribution in [0.3, 0.4) is 0 Å². The van der Waals surface area contributed by atoms with Crippen LogP contribution >= 0.6 is 0 Å². The molecule has 4 rings (SSSR count). The van der Waals surface area contributed by atoms with Gasteiger partial charge in [0.25, 0.3) is 0 Å². The van der Waals surface area contributed by atoms with E-state index in [1.807, 2.05) is 30.3 Å². The standard InChI is InChI=1S/C24H21N/c1-16-14-17(2)22(15-16)21-13-12-18-8-6-7-11-20(18)23(21)24(25)19-9-4-3-5-10-19/h3-15,22,25H,1-2H3. The van der Waals surface area contributed by atoms with Gasteiger partial charge in [-0.15, -0.1) is 0 Å². The van der Waals surface area contributed by atoms with E-state index >= 15 is 0 Å². The van der Waals surface area contributed by atoms with Crippen molar-refractivity contribution >= 4 is 16.5 Å². The molecule has 3 aromatic carbocycles. The van der Waals surface area contributed by atoms with Crippen molar-refractivity contribution < 1.29 is 0 Å². The van der Waals surface area contributed by atoms with E-state index in [1.54, 1.807) is 0 Å². The van der Waals surface area contributed by atoms with Gasteiger partial charge in [-0.2, -0.15) is 0 Å². The second kappa shape index (κ2) is 6.18. The molecule has 1 atom stereocenters. The maximum Gasteiger partial charge on any atom is 0.0693 e. The minimum Gasteiger partial charge on any atom is -0.300 e. The topological polar surface area (TPSA) is 23.9 Å². The number of allylic oxidation sites excluding steroid dienone is 4. The minimum absolute atomic E-state index is 0.253. The van der Waals surface area contributed by atoms with Gasteiger partial charge in [0, 0.05) is 17.0 Å². The van der Waals surface area contributed by atoms with Crippen molar-refractivity contribution in [2.45, 2.75) is 19.8 Å². The van der Waals surface area contributed by atoms with Crippen molar-refractivity contribution in [3.05, 3.63) is 107 Å². The van der Waals surface area contributed by atoms with Crippen molar-refractivity contribution in [1.82, 2.24) is 0 Å². The van der Waals surface area contributed by atoms with E-state index in [2.05, 4.69) is 62.4 Å². The number of rotatable bonds is 3. The predicted molar refractivity (Wildman–Crippen MR) is 107 cm³/mol. The van der Waals surface area contributed by atoms with Gasteiger partial charge in [0.05, 0.1) is 5.71 Å². The summed E-state index contributed by atoms with van der Waals surface area (Å²) in [6.07, 6.45) is 4.55. The fraction of sp³-hybridized carbons (Fsp3) is 0.125. The Bertz CT molecular complexity index is 1020. The Hall–Kier alpha value is -2.93. The largest absolute Gasteiger partial charge is 0.300 e. The molecule has 0 saturated heterocycles. The highest BCUT2D eigenvalue weighted by Crippen LogP contribution is 2.38. The fourth-order valence-electron chi connectivity index (χ4n) is 3.80. The zero-order valence-electron chi connectivity index (χ0n) is 14.6. The summed E-state index contributed by atoms with van der Waals surface area (Å²) in [5.41, 5.74) is 6.47. The quantitative estimate of drug-likeness (QED) is 0.551. The molecule has 1 unspecified atom stereocenters. The predicted octanol–water partition coefficient (Wildman–Crippen LogP) is 6.25. The van der Waals surface area contributed by atoms with Crippen molar-refractivity contribution in [3.8, 4) is 0 Å². The van der Waals surface area contributed by atoms with Crippen LogP contribution in [0.4, 0.5) is 0 Å². The molecule has 0 bridgehead atoms. The number of fused-ring (bicyclic) bond motifs is 1. The summed E-state index contributed by atoms with van der Waals surface area (Å²) < 4.78 is 0. The lowest BCUT2D eigenvalue weighted by atomic mass is 9.84. The molecular formula is C24H21N. The zero-order valence-corrected chi connectivity index (χ0v) is 14.6. The SMILES string of the molecule is CC1=CC(c2ccc3ccccc3c2C(=N)c2ccccc2)C(C)=C1. The molecule has 1 heteroatoms. The molecule has 3 aromatic rings. The van der Waals surface area contributed by atoms with Crippen LogP contribution in [-0.2, 0) is 0 Å². The van der Waals surface area contributed by atoms with Gasteiger partial charge in [-0.05, 0) is 30.2 Å². The van der Waals surface area contributed by atoms with Crippen LogP contribution in [-0.4, -0.2) is 5.71 Å².